The van der Waals surface area contributed by atoms with Gasteiger partial charge in [0.15, 0.2) is 0 Å². The predicted molar refractivity (Wildman–Crippen MR) is 87.1 cm³/mol. The number of anilines is 1. The van der Waals surface area contributed by atoms with Crippen molar-refractivity contribution < 1.29 is 4.79 Å². The van der Waals surface area contributed by atoms with E-state index in [1.54, 1.807) is 6.07 Å². The molecule has 3 nitrogen and oxygen atoms in total. The van der Waals surface area contributed by atoms with Gasteiger partial charge in [-0.05, 0) is 52.3 Å². The molecule has 0 atom stereocenters. The fourth-order valence-corrected chi connectivity index (χ4v) is 3.28. The minimum absolute atomic E-state index is 0.0647. The first kappa shape index (κ1) is 12.8. The summed E-state index contributed by atoms with van der Waals surface area (Å²) in [5.74, 6) is -0.0647. The van der Waals surface area contributed by atoms with E-state index in [0.29, 0.717) is 10.6 Å². The highest BCUT2D eigenvalue weighted by molar-refractivity contribution is 14.1. The van der Waals surface area contributed by atoms with Gasteiger partial charge in [0.1, 0.15) is 0 Å². The third kappa shape index (κ3) is 2.44. The Morgan fingerprint density at radius 1 is 1.11 bits per heavy atom. The van der Waals surface area contributed by atoms with Crippen LogP contribution in [0.5, 0.6) is 0 Å². The molecular formula is C13H9BClIN2O. The fraction of sp³-hybridized carbons (Fsp3) is 0. The molecule has 2 aromatic carbocycles. The van der Waals surface area contributed by atoms with Gasteiger partial charge < -0.3 is 10.5 Å². The zero-order valence-electron chi connectivity index (χ0n) is 9.78. The van der Waals surface area contributed by atoms with Crippen molar-refractivity contribution in [1.29, 1.82) is 0 Å². The average molecular weight is 382 g/mol. The van der Waals surface area contributed by atoms with Gasteiger partial charge >= 0.3 is 6.98 Å². The number of carbonyl (C=O) groups excluding carboxylic acids is 1. The van der Waals surface area contributed by atoms with Gasteiger partial charge in [0.05, 0.1) is 5.56 Å². The molecule has 6 heteroatoms. The Hall–Kier alpha value is -1.21. The Morgan fingerprint density at radius 3 is 2.68 bits per heavy atom. The number of benzene rings is 2. The number of hydrogen-bond acceptors (Lipinski definition) is 2. The second-order valence-corrected chi connectivity index (χ2v) is 5.86. The Balaban J connectivity index is 1.99. The number of halogens is 2. The van der Waals surface area contributed by atoms with Crippen LogP contribution in [-0.2, 0) is 0 Å². The lowest BCUT2D eigenvalue weighted by Crippen LogP contribution is -2.57. The first-order chi connectivity index (χ1) is 9.15. The van der Waals surface area contributed by atoms with Gasteiger partial charge in [-0.25, -0.2) is 0 Å². The molecule has 0 radical (unpaired) electrons. The fourth-order valence-electron chi connectivity index (χ4n) is 2.10. The number of hydrogen-bond donors (Lipinski definition) is 2. The van der Waals surface area contributed by atoms with Gasteiger partial charge in [-0.1, -0.05) is 29.8 Å². The molecule has 0 unspecified atom stereocenters. The third-order valence-corrected chi connectivity index (χ3v) is 4.19. The van der Waals surface area contributed by atoms with Crippen LogP contribution in [0.3, 0.4) is 0 Å². The number of fused-ring (bicyclic) bond motifs is 1. The van der Waals surface area contributed by atoms with Crippen LogP contribution in [0.2, 0.25) is 5.02 Å². The van der Waals surface area contributed by atoms with E-state index in [9.17, 15) is 4.79 Å². The Morgan fingerprint density at radius 2 is 1.89 bits per heavy atom. The number of para-hydroxylation sites is 1. The molecule has 3 rings (SSSR count). The summed E-state index contributed by atoms with van der Waals surface area (Å²) in [6, 6.07) is 13.1. The first-order valence-electron chi connectivity index (χ1n) is 5.76. The zero-order valence-corrected chi connectivity index (χ0v) is 12.7. The Bertz CT molecular complexity index is 665. The van der Waals surface area contributed by atoms with E-state index >= 15 is 0 Å². The van der Waals surface area contributed by atoms with Crippen molar-refractivity contribution in [1.82, 2.24) is 5.23 Å². The first-order valence-corrected chi connectivity index (χ1v) is 7.22. The smallest absolute Gasteiger partial charge is 0.405 e. The van der Waals surface area contributed by atoms with Crippen molar-refractivity contribution >= 4 is 58.2 Å². The molecule has 0 saturated heterocycles. The molecule has 1 heterocycles. The lowest BCUT2D eigenvalue weighted by Gasteiger charge is -2.25. The molecule has 19 heavy (non-hydrogen) atoms. The Labute approximate surface area is 130 Å². The molecular weight excluding hydrogens is 373 g/mol. The lowest BCUT2D eigenvalue weighted by atomic mass is 9.66. The maximum Gasteiger partial charge on any atom is 0.409 e. The quantitative estimate of drug-likeness (QED) is 0.588. The van der Waals surface area contributed by atoms with E-state index < -0.39 is 0 Å². The number of amides is 1. The topological polar surface area (TPSA) is 41.1 Å². The average Bonchev–Trinajstić information content (AvgIpc) is 2.38. The molecule has 0 saturated carbocycles. The zero-order chi connectivity index (χ0) is 13.4. The van der Waals surface area contributed by atoms with Gasteiger partial charge in [0.25, 0.3) is 0 Å². The number of carbonyl (C=O) groups is 1. The Kier molecular flexibility index (Phi) is 3.41. The highest BCUT2D eigenvalue weighted by atomic mass is 127. The second kappa shape index (κ2) is 5.05. The SMILES string of the molecule is O=C1NB(c2ccc(Cl)cc2I)Nc2ccccc21. The van der Waals surface area contributed by atoms with Crippen LogP contribution in [0, 0.1) is 3.57 Å². The van der Waals surface area contributed by atoms with E-state index in [4.69, 9.17) is 11.6 Å². The van der Waals surface area contributed by atoms with Crippen LogP contribution in [0.4, 0.5) is 5.69 Å². The highest BCUT2D eigenvalue weighted by Crippen LogP contribution is 2.19. The van der Waals surface area contributed by atoms with Gasteiger partial charge in [-0.3, -0.25) is 4.79 Å². The normalized spacial score (nSPS) is 13.6. The molecule has 0 spiro atoms. The van der Waals surface area contributed by atoms with E-state index in [2.05, 4.69) is 33.0 Å². The predicted octanol–water partition coefficient (Wildman–Crippen LogP) is 2.50. The molecule has 0 fully saturated rings. The minimum Gasteiger partial charge on any atom is -0.405 e. The summed E-state index contributed by atoms with van der Waals surface area (Å²) in [5.41, 5.74) is 2.53. The lowest BCUT2D eigenvalue weighted by molar-refractivity contribution is 0.0979. The van der Waals surface area contributed by atoms with Crippen LogP contribution in [0.1, 0.15) is 10.4 Å². The molecule has 2 N–H and O–H groups in total. The van der Waals surface area contributed by atoms with E-state index in [1.807, 2.05) is 36.4 Å². The summed E-state index contributed by atoms with van der Waals surface area (Å²) in [5, 5.41) is 6.97. The molecule has 2 aromatic rings. The number of rotatable bonds is 1. The molecule has 94 valence electrons. The van der Waals surface area contributed by atoms with Crippen LogP contribution in [0.25, 0.3) is 0 Å². The van der Waals surface area contributed by atoms with Crippen LogP contribution in [-0.4, -0.2) is 12.9 Å². The molecule has 1 aliphatic heterocycles. The van der Waals surface area contributed by atoms with Crippen molar-refractivity contribution in [2.75, 3.05) is 5.23 Å². The van der Waals surface area contributed by atoms with Crippen LogP contribution >= 0.6 is 34.2 Å². The summed E-state index contributed by atoms with van der Waals surface area (Å²) in [6.07, 6.45) is 0. The summed E-state index contributed by atoms with van der Waals surface area (Å²) in [4.78, 5) is 12.1. The minimum atomic E-state index is -0.230. The van der Waals surface area contributed by atoms with Gasteiger partial charge in [-0.2, -0.15) is 0 Å². The van der Waals surface area contributed by atoms with Gasteiger partial charge in [0, 0.05) is 14.3 Å². The summed E-state index contributed by atoms with van der Waals surface area (Å²) < 4.78 is 1.02. The molecule has 1 amide bonds. The molecule has 1 aliphatic rings. The van der Waals surface area contributed by atoms with Crippen molar-refractivity contribution in [3.8, 4) is 0 Å². The molecule has 0 aromatic heterocycles. The number of nitrogens with one attached hydrogen (secondary N) is 2. The van der Waals surface area contributed by atoms with E-state index in [0.717, 1.165) is 14.7 Å². The van der Waals surface area contributed by atoms with Gasteiger partial charge in [0.2, 0.25) is 5.91 Å². The third-order valence-electron chi connectivity index (χ3n) is 3.02. The van der Waals surface area contributed by atoms with Crippen molar-refractivity contribution in [3.05, 3.63) is 56.6 Å². The van der Waals surface area contributed by atoms with Crippen molar-refractivity contribution in [2.45, 2.75) is 0 Å². The maximum absolute atomic E-state index is 12.1. The van der Waals surface area contributed by atoms with E-state index in [-0.39, 0.29) is 12.9 Å². The van der Waals surface area contributed by atoms with E-state index in [1.165, 1.54) is 0 Å². The standard InChI is InChI=1S/C13H9BClIN2O/c15-8-5-6-10(11(16)7-8)14-17-12-4-2-1-3-9(12)13(19)18-14/h1-7,17H,(H,18,19). The largest absolute Gasteiger partial charge is 0.409 e. The summed E-state index contributed by atoms with van der Waals surface area (Å²) >= 11 is 8.17. The van der Waals surface area contributed by atoms with Crippen molar-refractivity contribution in [3.63, 3.8) is 0 Å². The van der Waals surface area contributed by atoms with Crippen LogP contribution in [0.15, 0.2) is 42.5 Å². The maximum atomic E-state index is 12.1. The van der Waals surface area contributed by atoms with Crippen LogP contribution < -0.4 is 15.9 Å². The molecule has 0 bridgehead atoms. The van der Waals surface area contributed by atoms with Crippen molar-refractivity contribution in [2.24, 2.45) is 0 Å². The second-order valence-electron chi connectivity index (χ2n) is 4.26. The van der Waals surface area contributed by atoms with Gasteiger partial charge in [-0.15, -0.1) is 0 Å². The summed E-state index contributed by atoms with van der Waals surface area (Å²) in [6.45, 7) is -0.230. The highest BCUT2D eigenvalue weighted by Gasteiger charge is 2.30. The molecule has 0 aliphatic carbocycles. The monoisotopic (exact) mass is 382 g/mol. The summed E-state index contributed by atoms with van der Waals surface area (Å²) in [7, 11) is 0.